The van der Waals surface area contributed by atoms with E-state index in [4.69, 9.17) is 16.0 Å². The summed E-state index contributed by atoms with van der Waals surface area (Å²) < 4.78 is 18.3. The van der Waals surface area contributed by atoms with E-state index in [1.807, 2.05) is 12.1 Å². The Morgan fingerprint density at radius 3 is 2.43 bits per heavy atom. The van der Waals surface area contributed by atoms with Gasteiger partial charge in [-0.25, -0.2) is 9.18 Å². The monoisotopic (exact) mass is 393 g/mol. The van der Waals surface area contributed by atoms with Crippen molar-refractivity contribution in [3.63, 3.8) is 0 Å². The molecule has 3 aromatic carbocycles. The van der Waals surface area contributed by atoms with E-state index in [9.17, 15) is 14.0 Å². The van der Waals surface area contributed by atoms with Crippen molar-refractivity contribution in [2.75, 3.05) is 5.32 Å². The Bertz CT molecular complexity index is 1250. The normalized spacial score (nSPS) is 10.8. The summed E-state index contributed by atoms with van der Waals surface area (Å²) in [4.78, 5) is 24.6. The molecule has 4 rings (SSSR count). The maximum Gasteiger partial charge on any atom is 0.344 e. The number of para-hydroxylation sites is 1. The largest absolute Gasteiger partial charge is 0.422 e. The van der Waals surface area contributed by atoms with E-state index in [0.29, 0.717) is 33.0 Å². The maximum atomic E-state index is 13.0. The summed E-state index contributed by atoms with van der Waals surface area (Å²) in [5.74, 6) is -0.813. The molecule has 1 amide bonds. The average molecular weight is 394 g/mol. The molecule has 0 radical (unpaired) electrons. The lowest BCUT2D eigenvalue weighted by atomic mass is 10.1. The molecule has 1 N–H and O–H groups in total. The number of anilines is 1. The minimum Gasteiger partial charge on any atom is -0.422 e. The second-order valence-corrected chi connectivity index (χ2v) is 6.55. The fourth-order valence-corrected chi connectivity index (χ4v) is 3.15. The summed E-state index contributed by atoms with van der Waals surface area (Å²) in [5.41, 5.74) is 1.60. The molecule has 0 aliphatic heterocycles. The Morgan fingerprint density at radius 1 is 0.929 bits per heavy atom. The van der Waals surface area contributed by atoms with Gasteiger partial charge in [-0.3, -0.25) is 4.79 Å². The van der Waals surface area contributed by atoms with Gasteiger partial charge in [0.05, 0.1) is 10.6 Å². The van der Waals surface area contributed by atoms with Crippen LogP contribution in [-0.4, -0.2) is 5.91 Å². The van der Waals surface area contributed by atoms with Crippen LogP contribution in [-0.2, 0) is 0 Å². The molecule has 0 aliphatic rings. The zero-order valence-electron chi connectivity index (χ0n) is 14.4. The number of benzene rings is 3. The molecule has 0 spiro atoms. The standard InChI is InChI=1S/C22H13ClFNO3/c23-19-12-16(25-21(26)13-5-7-15(24)8-6-13)9-10-17(19)18-11-14-3-1-2-4-20(14)28-22(18)27/h1-12H,(H,25,26). The van der Waals surface area contributed by atoms with Crippen LogP contribution in [0, 0.1) is 5.82 Å². The van der Waals surface area contributed by atoms with E-state index in [2.05, 4.69) is 5.32 Å². The molecule has 0 bridgehead atoms. The Balaban J connectivity index is 1.65. The van der Waals surface area contributed by atoms with Gasteiger partial charge in [-0.1, -0.05) is 35.9 Å². The zero-order chi connectivity index (χ0) is 19.7. The third-order valence-corrected chi connectivity index (χ3v) is 4.58. The number of rotatable bonds is 3. The van der Waals surface area contributed by atoms with Gasteiger partial charge in [0.25, 0.3) is 5.91 Å². The Labute approximate surface area is 164 Å². The van der Waals surface area contributed by atoms with Crippen molar-refractivity contribution in [2.45, 2.75) is 0 Å². The summed E-state index contributed by atoms with van der Waals surface area (Å²) >= 11 is 6.36. The molecule has 4 nitrogen and oxygen atoms in total. The minimum atomic E-state index is -0.497. The van der Waals surface area contributed by atoms with Gasteiger partial charge in [0.15, 0.2) is 0 Å². The Kier molecular flexibility index (Phi) is 4.67. The molecule has 0 unspecified atom stereocenters. The third kappa shape index (κ3) is 3.52. The molecule has 28 heavy (non-hydrogen) atoms. The molecular formula is C22H13ClFNO3. The highest BCUT2D eigenvalue weighted by atomic mass is 35.5. The summed E-state index contributed by atoms with van der Waals surface area (Å²) in [6.07, 6.45) is 0. The molecule has 4 aromatic rings. The average Bonchev–Trinajstić information content (AvgIpc) is 2.68. The van der Waals surface area contributed by atoms with Crippen LogP contribution >= 0.6 is 11.6 Å². The number of carbonyl (C=O) groups is 1. The summed E-state index contributed by atoms with van der Waals surface area (Å²) in [5, 5.41) is 3.76. The molecule has 0 saturated heterocycles. The second-order valence-electron chi connectivity index (χ2n) is 6.14. The van der Waals surface area contributed by atoms with Crippen LogP contribution in [0.25, 0.3) is 22.1 Å². The van der Waals surface area contributed by atoms with E-state index in [1.165, 1.54) is 24.3 Å². The first-order valence-electron chi connectivity index (χ1n) is 8.41. The lowest BCUT2D eigenvalue weighted by molar-refractivity contribution is 0.102. The van der Waals surface area contributed by atoms with Gasteiger partial charge in [0.1, 0.15) is 11.4 Å². The highest BCUT2D eigenvalue weighted by Gasteiger charge is 2.13. The van der Waals surface area contributed by atoms with Crippen molar-refractivity contribution in [1.29, 1.82) is 0 Å². The van der Waals surface area contributed by atoms with Crippen LogP contribution < -0.4 is 10.9 Å². The van der Waals surface area contributed by atoms with Crippen LogP contribution in [0.3, 0.4) is 0 Å². The number of hydrogen-bond donors (Lipinski definition) is 1. The summed E-state index contributed by atoms with van der Waals surface area (Å²) in [6, 6.07) is 18.9. The van der Waals surface area contributed by atoms with Gasteiger partial charge in [0, 0.05) is 22.2 Å². The second kappa shape index (κ2) is 7.29. The number of nitrogens with one attached hydrogen (secondary N) is 1. The SMILES string of the molecule is O=C(Nc1ccc(-c2cc3ccccc3oc2=O)c(Cl)c1)c1ccc(F)cc1. The number of fused-ring (bicyclic) bond motifs is 1. The lowest BCUT2D eigenvalue weighted by Gasteiger charge is -2.09. The third-order valence-electron chi connectivity index (χ3n) is 4.26. The smallest absolute Gasteiger partial charge is 0.344 e. The van der Waals surface area contributed by atoms with Gasteiger partial charge in [-0.05, 0) is 48.5 Å². The van der Waals surface area contributed by atoms with Gasteiger partial charge >= 0.3 is 5.63 Å². The molecule has 1 heterocycles. The first-order valence-corrected chi connectivity index (χ1v) is 8.79. The molecule has 138 valence electrons. The zero-order valence-corrected chi connectivity index (χ0v) is 15.2. The summed E-state index contributed by atoms with van der Waals surface area (Å²) in [6.45, 7) is 0. The fourth-order valence-electron chi connectivity index (χ4n) is 2.87. The predicted molar refractivity (Wildman–Crippen MR) is 107 cm³/mol. The molecule has 1 aromatic heterocycles. The van der Waals surface area contributed by atoms with Gasteiger partial charge in [-0.2, -0.15) is 0 Å². The molecule has 0 aliphatic carbocycles. The summed E-state index contributed by atoms with van der Waals surface area (Å²) in [7, 11) is 0. The van der Waals surface area contributed by atoms with Crippen molar-refractivity contribution in [2.24, 2.45) is 0 Å². The molecule has 0 atom stereocenters. The van der Waals surface area contributed by atoms with E-state index in [0.717, 1.165) is 5.39 Å². The van der Waals surface area contributed by atoms with Crippen molar-refractivity contribution in [3.05, 3.63) is 99.6 Å². The maximum absolute atomic E-state index is 13.0. The van der Waals surface area contributed by atoms with E-state index in [1.54, 1.807) is 36.4 Å². The van der Waals surface area contributed by atoms with Crippen LogP contribution in [0.4, 0.5) is 10.1 Å². The van der Waals surface area contributed by atoms with Crippen molar-refractivity contribution < 1.29 is 13.6 Å². The van der Waals surface area contributed by atoms with Crippen LogP contribution in [0.15, 0.2) is 82.0 Å². The number of hydrogen-bond acceptors (Lipinski definition) is 3. The molecule has 0 saturated carbocycles. The topological polar surface area (TPSA) is 59.3 Å². The fraction of sp³-hybridized carbons (Fsp3) is 0. The van der Waals surface area contributed by atoms with E-state index in [-0.39, 0.29) is 0 Å². The van der Waals surface area contributed by atoms with Crippen LogP contribution in [0.2, 0.25) is 5.02 Å². The van der Waals surface area contributed by atoms with Gasteiger partial charge in [0.2, 0.25) is 0 Å². The number of amides is 1. The Morgan fingerprint density at radius 2 is 1.68 bits per heavy atom. The minimum absolute atomic E-state index is 0.291. The quantitative estimate of drug-likeness (QED) is 0.467. The number of carbonyl (C=O) groups excluding carboxylic acids is 1. The van der Waals surface area contributed by atoms with Crippen molar-refractivity contribution in [1.82, 2.24) is 0 Å². The lowest BCUT2D eigenvalue weighted by Crippen LogP contribution is -2.12. The van der Waals surface area contributed by atoms with E-state index < -0.39 is 17.3 Å². The van der Waals surface area contributed by atoms with Crippen LogP contribution in [0.5, 0.6) is 0 Å². The highest BCUT2D eigenvalue weighted by molar-refractivity contribution is 6.33. The van der Waals surface area contributed by atoms with Crippen LogP contribution in [0.1, 0.15) is 10.4 Å². The van der Waals surface area contributed by atoms with E-state index >= 15 is 0 Å². The highest BCUT2D eigenvalue weighted by Crippen LogP contribution is 2.30. The molecular weight excluding hydrogens is 381 g/mol. The van der Waals surface area contributed by atoms with Gasteiger partial charge in [-0.15, -0.1) is 0 Å². The van der Waals surface area contributed by atoms with Crippen molar-refractivity contribution >= 4 is 34.2 Å². The molecule has 6 heteroatoms. The predicted octanol–water partition coefficient (Wildman–Crippen LogP) is 5.50. The first kappa shape index (κ1) is 17.9. The molecule has 0 fully saturated rings. The first-order chi connectivity index (χ1) is 13.5. The number of halogens is 2. The van der Waals surface area contributed by atoms with Crippen molar-refractivity contribution in [3.8, 4) is 11.1 Å². The Hall–Kier alpha value is -3.44. The van der Waals surface area contributed by atoms with Gasteiger partial charge < -0.3 is 9.73 Å².